The van der Waals surface area contributed by atoms with E-state index in [1.165, 1.54) is 51.9 Å². The minimum absolute atomic E-state index is 0.567. The van der Waals surface area contributed by atoms with Crippen molar-refractivity contribution in [3.05, 3.63) is 0 Å². The Labute approximate surface area is 106 Å². The van der Waals surface area contributed by atoms with E-state index in [1.807, 2.05) is 0 Å². The highest BCUT2D eigenvalue weighted by Crippen LogP contribution is 2.42. The Morgan fingerprint density at radius 2 is 2.06 bits per heavy atom. The third kappa shape index (κ3) is 2.57. The van der Waals surface area contributed by atoms with E-state index in [0.29, 0.717) is 5.41 Å². The van der Waals surface area contributed by atoms with Crippen molar-refractivity contribution < 1.29 is 0 Å². The summed E-state index contributed by atoms with van der Waals surface area (Å²) in [6.45, 7) is 7.36. The van der Waals surface area contributed by atoms with Crippen LogP contribution in [0, 0.1) is 5.41 Å². The lowest BCUT2D eigenvalue weighted by Crippen LogP contribution is -2.55. The molecule has 2 fully saturated rings. The van der Waals surface area contributed by atoms with Crippen LogP contribution in [0.25, 0.3) is 0 Å². The highest BCUT2D eigenvalue weighted by atomic mass is 32.1. The second-order valence-electron chi connectivity index (χ2n) is 5.79. The van der Waals surface area contributed by atoms with Gasteiger partial charge in [0.05, 0.1) is 0 Å². The van der Waals surface area contributed by atoms with Crippen LogP contribution < -0.4 is 0 Å². The molecule has 1 heterocycles. The summed E-state index contributed by atoms with van der Waals surface area (Å²) in [6.07, 6.45) is 5.51. The van der Waals surface area contributed by atoms with E-state index in [0.717, 1.165) is 11.8 Å². The molecule has 2 nitrogen and oxygen atoms in total. The van der Waals surface area contributed by atoms with Crippen LogP contribution >= 0.6 is 12.6 Å². The zero-order chi connectivity index (χ0) is 11.6. The molecule has 0 bridgehead atoms. The summed E-state index contributed by atoms with van der Waals surface area (Å²) in [6, 6.07) is 0.769. The van der Waals surface area contributed by atoms with Crippen molar-refractivity contribution in [3.63, 3.8) is 0 Å². The molecule has 1 saturated carbocycles. The van der Waals surface area contributed by atoms with Crippen LogP contribution in [-0.4, -0.2) is 54.8 Å². The smallest absolute Gasteiger partial charge is 0.0218 e. The third-order valence-corrected chi connectivity index (χ3v) is 5.31. The van der Waals surface area contributed by atoms with E-state index in [4.69, 9.17) is 0 Å². The average molecular weight is 242 g/mol. The molecule has 1 aliphatic carbocycles. The Hall–Kier alpha value is 0.270. The molecule has 1 aliphatic heterocycles. The van der Waals surface area contributed by atoms with Crippen LogP contribution in [0.15, 0.2) is 0 Å². The summed E-state index contributed by atoms with van der Waals surface area (Å²) in [4.78, 5) is 5.20. The summed E-state index contributed by atoms with van der Waals surface area (Å²) in [5.41, 5.74) is 0.567. The normalized spacial score (nSPS) is 31.3. The molecule has 94 valence electrons. The highest BCUT2D eigenvalue weighted by Gasteiger charge is 2.38. The highest BCUT2D eigenvalue weighted by molar-refractivity contribution is 7.80. The predicted molar refractivity (Wildman–Crippen MR) is 73.3 cm³/mol. The van der Waals surface area contributed by atoms with Gasteiger partial charge in [0.2, 0.25) is 0 Å². The molecular formula is C13H26N2S. The molecular weight excluding hydrogens is 216 g/mol. The SMILES string of the molecule is CCC1CN(CC2(CS)CCC2)CCN1C. The number of hydrogen-bond acceptors (Lipinski definition) is 3. The van der Waals surface area contributed by atoms with Gasteiger partial charge in [0, 0.05) is 32.2 Å². The largest absolute Gasteiger partial charge is 0.301 e. The van der Waals surface area contributed by atoms with Gasteiger partial charge in [0.1, 0.15) is 0 Å². The predicted octanol–water partition coefficient (Wildman–Crippen LogP) is 2.11. The van der Waals surface area contributed by atoms with Crippen LogP contribution in [0.3, 0.4) is 0 Å². The Balaban J connectivity index is 1.86. The first-order valence-corrected chi connectivity index (χ1v) is 7.36. The van der Waals surface area contributed by atoms with E-state index >= 15 is 0 Å². The average Bonchev–Trinajstić information content (AvgIpc) is 2.25. The molecule has 0 spiro atoms. The van der Waals surface area contributed by atoms with Gasteiger partial charge in [-0.2, -0.15) is 12.6 Å². The molecule has 0 radical (unpaired) electrons. The van der Waals surface area contributed by atoms with Gasteiger partial charge in [-0.25, -0.2) is 0 Å². The fraction of sp³-hybridized carbons (Fsp3) is 1.00. The van der Waals surface area contributed by atoms with Gasteiger partial charge in [0.25, 0.3) is 0 Å². The first-order valence-electron chi connectivity index (χ1n) is 6.72. The van der Waals surface area contributed by atoms with E-state index < -0.39 is 0 Å². The number of likely N-dealkylation sites (N-methyl/N-ethyl adjacent to an activating group) is 1. The summed E-state index contributed by atoms with van der Waals surface area (Å²) >= 11 is 4.56. The number of rotatable bonds is 4. The first kappa shape index (κ1) is 12.7. The van der Waals surface area contributed by atoms with Gasteiger partial charge >= 0.3 is 0 Å². The van der Waals surface area contributed by atoms with Crippen LogP contribution in [0.2, 0.25) is 0 Å². The number of piperazine rings is 1. The summed E-state index contributed by atoms with van der Waals surface area (Å²) < 4.78 is 0. The lowest BCUT2D eigenvalue weighted by molar-refractivity contribution is 0.0340. The lowest BCUT2D eigenvalue weighted by atomic mass is 9.70. The quantitative estimate of drug-likeness (QED) is 0.754. The minimum atomic E-state index is 0.567. The van der Waals surface area contributed by atoms with Gasteiger partial charge in [-0.05, 0) is 37.5 Å². The summed E-state index contributed by atoms with van der Waals surface area (Å²) in [7, 11) is 2.27. The van der Waals surface area contributed by atoms with Crippen molar-refractivity contribution >= 4 is 12.6 Å². The van der Waals surface area contributed by atoms with E-state index in [1.54, 1.807) is 0 Å². The molecule has 2 rings (SSSR count). The zero-order valence-corrected chi connectivity index (χ0v) is 11.7. The fourth-order valence-corrected chi connectivity index (χ4v) is 3.53. The Bertz CT molecular complexity index is 222. The van der Waals surface area contributed by atoms with Crippen molar-refractivity contribution in [1.82, 2.24) is 9.80 Å². The Morgan fingerprint density at radius 1 is 1.31 bits per heavy atom. The number of nitrogens with zero attached hydrogens (tertiary/aromatic N) is 2. The molecule has 3 heteroatoms. The van der Waals surface area contributed by atoms with Crippen LogP contribution in [-0.2, 0) is 0 Å². The number of hydrogen-bond donors (Lipinski definition) is 1. The Kier molecular flexibility index (Phi) is 4.20. The standard InChI is InChI=1S/C13H26N2S/c1-3-12-9-15(8-7-14(12)2)10-13(11-16)5-4-6-13/h12,16H,3-11H2,1-2H3. The van der Waals surface area contributed by atoms with Gasteiger partial charge in [-0.1, -0.05) is 13.3 Å². The monoisotopic (exact) mass is 242 g/mol. The van der Waals surface area contributed by atoms with E-state index in [2.05, 4.69) is 36.4 Å². The van der Waals surface area contributed by atoms with Crippen molar-refractivity contribution in [2.45, 2.75) is 38.6 Å². The molecule has 2 aliphatic rings. The molecule has 1 saturated heterocycles. The van der Waals surface area contributed by atoms with E-state index in [-0.39, 0.29) is 0 Å². The van der Waals surface area contributed by atoms with Crippen molar-refractivity contribution in [3.8, 4) is 0 Å². The lowest BCUT2D eigenvalue weighted by Gasteiger charge is -2.47. The molecule has 1 atom stereocenters. The second kappa shape index (κ2) is 5.28. The van der Waals surface area contributed by atoms with E-state index in [9.17, 15) is 0 Å². The van der Waals surface area contributed by atoms with Gasteiger partial charge in [-0.15, -0.1) is 0 Å². The van der Waals surface area contributed by atoms with Crippen molar-refractivity contribution in [2.24, 2.45) is 5.41 Å². The molecule has 0 aromatic heterocycles. The van der Waals surface area contributed by atoms with Crippen LogP contribution in [0.1, 0.15) is 32.6 Å². The van der Waals surface area contributed by atoms with Crippen LogP contribution in [0.5, 0.6) is 0 Å². The van der Waals surface area contributed by atoms with Crippen molar-refractivity contribution in [1.29, 1.82) is 0 Å². The fourth-order valence-electron chi connectivity index (χ4n) is 3.11. The molecule has 0 aromatic rings. The topological polar surface area (TPSA) is 6.48 Å². The maximum atomic E-state index is 4.56. The van der Waals surface area contributed by atoms with Gasteiger partial charge in [0.15, 0.2) is 0 Å². The molecule has 1 unspecified atom stereocenters. The van der Waals surface area contributed by atoms with Crippen molar-refractivity contribution in [2.75, 3.05) is 39.0 Å². The molecule has 0 N–H and O–H groups in total. The molecule has 0 aromatic carbocycles. The Morgan fingerprint density at radius 3 is 2.56 bits per heavy atom. The minimum Gasteiger partial charge on any atom is -0.301 e. The van der Waals surface area contributed by atoms with Gasteiger partial charge < -0.3 is 4.90 Å². The zero-order valence-electron chi connectivity index (χ0n) is 10.8. The maximum absolute atomic E-state index is 4.56. The van der Waals surface area contributed by atoms with Gasteiger partial charge in [-0.3, -0.25) is 4.90 Å². The first-order chi connectivity index (χ1) is 7.69. The second-order valence-corrected chi connectivity index (χ2v) is 6.11. The summed E-state index contributed by atoms with van der Waals surface area (Å²) in [5.74, 6) is 1.08. The third-order valence-electron chi connectivity index (χ3n) is 4.64. The van der Waals surface area contributed by atoms with Crippen LogP contribution in [0.4, 0.5) is 0 Å². The molecule has 0 amide bonds. The maximum Gasteiger partial charge on any atom is 0.0218 e. The molecule has 16 heavy (non-hydrogen) atoms. The number of thiol groups is 1. The summed E-state index contributed by atoms with van der Waals surface area (Å²) in [5, 5.41) is 0.